The fourth-order valence-corrected chi connectivity index (χ4v) is 2.81. The van der Waals surface area contributed by atoms with Gasteiger partial charge in [-0.05, 0) is 54.4 Å². The van der Waals surface area contributed by atoms with Crippen molar-refractivity contribution in [2.24, 2.45) is 5.92 Å². The summed E-state index contributed by atoms with van der Waals surface area (Å²) in [5.41, 5.74) is 3.22. The zero-order valence-electron chi connectivity index (χ0n) is 6.89. The molecule has 0 N–H and O–H groups in total. The predicted molar refractivity (Wildman–Crippen MR) is 53.3 cm³/mol. The minimum Gasteiger partial charge on any atom is -0.0576 e. The Hall–Kier alpha value is -0.300. The first-order chi connectivity index (χ1) is 5.84. The molecule has 1 fully saturated rings. The summed E-state index contributed by atoms with van der Waals surface area (Å²) in [5, 5.41) is 0. The van der Waals surface area contributed by atoms with Crippen LogP contribution in [-0.2, 0) is 6.42 Å². The third-order valence-corrected chi connectivity index (χ3v) is 3.71. The highest BCUT2D eigenvalue weighted by Crippen LogP contribution is 2.54. The van der Waals surface area contributed by atoms with E-state index in [1.54, 1.807) is 11.1 Å². The Labute approximate surface area is 81.1 Å². The summed E-state index contributed by atoms with van der Waals surface area (Å²) in [6.07, 6.45) is 4.19. The van der Waals surface area contributed by atoms with Crippen molar-refractivity contribution in [3.63, 3.8) is 0 Å². The average molecular weight is 223 g/mol. The topological polar surface area (TPSA) is 0 Å². The van der Waals surface area contributed by atoms with Gasteiger partial charge in [-0.15, -0.1) is 0 Å². The normalized spacial score (nSPS) is 30.8. The minimum atomic E-state index is 0.922. The monoisotopic (exact) mass is 222 g/mol. The van der Waals surface area contributed by atoms with E-state index >= 15 is 0 Å². The predicted octanol–water partition coefficient (Wildman–Crippen LogP) is 3.50. The van der Waals surface area contributed by atoms with E-state index in [-0.39, 0.29) is 0 Å². The van der Waals surface area contributed by atoms with Crippen LogP contribution in [0.15, 0.2) is 22.7 Å². The van der Waals surface area contributed by atoms with Gasteiger partial charge in [0.1, 0.15) is 0 Å². The molecule has 1 saturated carbocycles. The molecule has 0 nitrogen and oxygen atoms in total. The van der Waals surface area contributed by atoms with Gasteiger partial charge in [-0.25, -0.2) is 0 Å². The molecule has 2 aliphatic carbocycles. The Morgan fingerprint density at radius 1 is 1.33 bits per heavy atom. The summed E-state index contributed by atoms with van der Waals surface area (Å²) in [4.78, 5) is 0. The van der Waals surface area contributed by atoms with Gasteiger partial charge in [-0.1, -0.05) is 22.0 Å². The van der Waals surface area contributed by atoms with Crippen molar-refractivity contribution in [1.82, 2.24) is 0 Å². The van der Waals surface area contributed by atoms with Crippen LogP contribution in [-0.4, -0.2) is 0 Å². The molecule has 0 heterocycles. The summed E-state index contributed by atoms with van der Waals surface area (Å²) < 4.78 is 1.24. The summed E-state index contributed by atoms with van der Waals surface area (Å²) in [6.45, 7) is 0. The van der Waals surface area contributed by atoms with Crippen LogP contribution in [0.3, 0.4) is 0 Å². The van der Waals surface area contributed by atoms with E-state index in [0.717, 1.165) is 11.8 Å². The smallest absolute Gasteiger partial charge is 0.0178 e. The maximum Gasteiger partial charge on any atom is 0.0178 e. The van der Waals surface area contributed by atoms with Gasteiger partial charge in [0.15, 0.2) is 0 Å². The highest BCUT2D eigenvalue weighted by Gasteiger charge is 2.41. The number of halogens is 1. The Kier molecular flexibility index (Phi) is 1.40. The van der Waals surface area contributed by atoms with Gasteiger partial charge in [0.2, 0.25) is 0 Å². The molecule has 1 aromatic carbocycles. The Morgan fingerprint density at radius 2 is 2.25 bits per heavy atom. The molecular weight excluding hydrogens is 212 g/mol. The number of benzene rings is 1. The lowest BCUT2D eigenvalue weighted by molar-refractivity contribution is 0.667. The molecule has 0 bridgehead atoms. The SMILES string of the molecule is Brc1ccc2c(c1)C1CC1CC2. The molecule has 0 spiro atoms. The minimum absolute atomic E-state index is 0.922. The van der Waals surface area contributed by atoms with E-state index in [1.807, 2.05) is 0 Å². The first-order valence-corrected chi connectivity index (χ1v) is 5.42. The van der Waals surface area contributed by atoms with Crippen LogP contribution in [0, 0.1) is 5.92 Å². The molecule has 2 aliphatic rings. The second-order valence-electron chi connectivity index (χ2n) is 3.98. The van der Waals surface area contributed by atoms with Crippen molar-refractivity contribution in [2.75, 3.05) is 0 Å². The largest absolute Gasteiger partial charge is 0.0576 e. The summed E-state index contributed by atoms with van der Waals surface area (Å²) in [6, 6.07) is 6.77. The maximum absolute atomic E-state index is 3.54. The number of hydrogen-bond donors (Lipinski definition) is 0. The second kappa shape index (κ2) is 2.35. The maximum atomic E-state index is 3.54. The summed E-state index contributed by atoms with van der Waals surface area (Å²) >= 11 is 3.54. The highest BCUT2D eigenvalue weighted by atomic mass is 79.9. The molecule has 0 amide bonds. The van der Waals surface area contributed by atoms with E-state index in [0.29, 0.717) is 0 Å². The number of fused-ring (bicyclic) bond motifs is 3. The lowest BCUT2D eigenvalue weighted by atomic mass is 9.92. The average Bonchev–Trinajstić information content (AvgIpc) is 2.82. The first-order valence-electron chi connectivity index (χ1n) is 4.63. The fourth-order valence-electron chi connectivity index (χ4n) is 2.43. The molecule has 1 heteroatoms. The van der Waals surface area contributed by atoms with Crippen LogP contribution in [0.1, 0.15) is 29.9 Å². The van der Waals surface area contributed by atoms with Gasteiger partial charge in [0, 0.05) is 4.47 Å². The molecule has 2 atom stereocenters. The standard InChI is InChI=1S/C11H11Br/c12-9-4-3-7-1-2-8-5-10(8)11(7)6-9/h3-4,6,8,10H,1-2,5H2. The Balaban J connectivity index is 2.14. The molecule has 62 valence electrons. The van der Waals surface area contributed by atoms with Crippen molar-refractivity contribution in [3.05, 3.63) is 33.8 Å². The second-order valence-corrected chi connectivity index (χ2v) is 4.90. The quantitative estimate of drug-likeness (QED) is 0.631. The van der Waals surface area contributed by atoms with Crippen molar-refractivity contribution in [1.29, 1.82) is 0 Å². The molecule has 12 heavy (non-hydrogen) atoms. The molecule has 2 unspecified atom stereocenters. The van der Waals surface area contributed by atoms with Crippen LogP contribution in [0.5, 0.6) is 0 Å². The molecule has 0 radical (unpaired) electrons. The van der Waals surface area contributed by atoms with Crippen molar-refractivity contribution in [2.45, 2.75) is 25.2 Å². The molecule has 0 aliphatic heterocycles. The van der Waals surface area contributed by atoms with E-state index in [9.17, 15) is 0 Å². The molecule has 0 saturated heterocycles. The fraction of sp³-hybridized carbons (Fsp3) is 0.455. The zero-order valence-corrected chi connectivity index (χ0v) is 8.47. The summed E-state index contributed by atoms with van der Waals surface area (Å²) in [5.74, 6) is 1.96. The third-order valence-electron chi connectivity index (χ3n) is 3.21. The van der Waals surface area contributed by atoms with Gasteiger partial charge >= 0.3 is 0 Å². The Morgan fingerprint density at radius 3 is 3.17 bits per heavy atom. The van der Waals surface area contributed by atoms with Gasteiger partial charge < -0.3 is 0 Å². The lowest BCUT2D eigenvalue weighted by Crippen LogP contribution is -2.00. The molecule has 1 aromatic rings. The van der Waals surface area contributed by atoms with E-state index in [4.69, 9.17) is 0 Å². The highest BCUT2D eigenvalue weighted by molar-refractivity contribution is 9.10. The third kappa shape index (κ3) is 0.957. The van der Waals surface area contributed by atoms with Gasteiger partial charge in [0.05, 0.1) is 0 Å². The lowest BCUT2D eigenvalue weighted by Gasteiger charge is -2.14. The van der Waals surface area contributed by atoms with Crippen molar-refractivity contribution in [3.8, 4) is 0 Å². The Bertz CT molecular complexity index is 330. The summed E-state index contributed by atoms with van der Waals surface area (Å²) in [7, 11) is 0. The zero-order chi connectivity index (χ0) is 8.13. The van der Waals surface area contributed by atoms with Crippen LogP contribution in [0.25, 0.3) is 0 Å². The van der Waals surface area contributed by atoms with Crippen LogP contribution < -0.4 is 0 Å². The van der Waals surface area contributed by atoms with E-state index in [1.165, 1.54) is 23.7 Å². The van der Waals surface area contributed by atoms with Gasteiger partial charge in [-0.3, -0.25) is 0 Å². The van der Waals surface area contributed by atoms with Gasteiger partial charge in [-0.2, -0.15) is 0 Å². The molecule has 3 rings (SSSR count). The van der Waals surface area contributed by atoms with E-state index < -0.39 is 0 Å². The first kappa shape index (κ1) is 7.14. The molecular formula is C11H11Br. The van der Waals surface area contributed by atoms with Crippen LogP contribution >= 0.6 is 15.9 Å². The van der Waals surface area contributed by atoms with Gasteiger partial charge in [0.25, 0.3) is 0 Å². The van der Waals surface area contributed by atoms with Crippen LogP contribution in [0.4, 0.5) is 0 Å². The number of aryl methyl sites for hydroxylation is 1. The molecule has 0 aromatic heterocycles. The van der Waals surface area contributed by atoms with Crippen molar-refractivity contribution >= 4 is 15.9 Å². The van der Waals surface area contributed by atoms with Crippen molar-refractivity contribution < 1.29 is 0 Å². The number of hydrogen-bond acceptors (Lipinski definition) is 0. The number of rotatable bonds is 0. The van der Waals surface area contributed by atoms with Crippen LogP contribution in [0.2, 0.25) is 0 Å². The van der Waals surface area contributed by atoms with E-state index in [2.05, 4.69) is 34.1 Å².